The van der Waals surface area contributed by atoms with Crippen molar-refractivity contribution in [3.63, 3.8) is 0 Å². The lowest BCUT2D eigenvalue weighted by Crippen LogP contribution is -1.82. The first-order valence-corrected chi connectivity index (χ1v) is 5.80. The third kappa shape index (κ3) is 1.59. The molecular formula is C13H8FNS. The number of pyridine rings is 1. The zero-order chi connectivity index (χ0) is 11.0. The van der Waals surface area contributed by atoms with Crippen LogP contribution in [0.25, 0.3) is 21.3 Å². The zero-order valence-corrected chi connectivity index (χ0v) is 9.17. The first-order valence-electron chi connectivity index (χ1n) is 4.92. The third-order valence-corrected chi connectivity index (χ3v) is 3.35. The summed E-state index contributed by atoms with van der Waals surface area (Å²) in [5.74, 6) is -0.222. The van der Waals surface area contributed by atoms with Crippen molar-refractivity contribution >= 4 is 21.4 Å². The number of halogens is 1. The van der Waals surface area contributed by atoms with Gasteiger partial charge in [0.2, 0.25) is 0 Å². The minimum Gasteiger partial charge on any atom is -0.255 e. The molecule has 3 heteroatoms. The Bertz CT molecular complexity index is 628. The van der Waals surface area contributed by atoms with Crippen LogP contribution in [0.1, 0.15) is 0 Å². The molecule has 0 saturated carbocycles. The lowest BCUT2D eigenvalue weighted by Gasteiger charge is -2.00. The van der Waals surface area contributed by atoms with E-state index >= 15 is 0 Å². The molecule has 2 aromatic heterocycles. The second-order valence-electron chi connectivity index (χ2n) is 3.53. The summed E-state index contributed by atoms with van der Waals surface area (Å²) in [6, 6.07) is 10.5. The lowest BCUT2D eigenvalue weighted by atomic mass is 10.1. The Balaban J connectivity index is 2.14. The lowest BCUT2D eigenvalue weighted by molar-refractivity contribution is 0.628. The van der Waals surface area contributed by atoms with Crippen LogP contribution in [0, 0.1) is 5.82 Å². The van der Waals surface area contributed by atoms with Crippen LogP contribution in [0.4, 0.5) is 4.39 Å². The largest absolute Gasteiger partial charge is 0.255 e. The molecule has 0 fully saturated rings. The van der Waals surface area contributed by atoms with Crippen molar-refractivity contribution in [2.45, 2.75) is 0 Å². The number of benzene rings is 1. The Kier molecular flexibility index (Phi) is 2.18. The average Bonchev–Trinajstić information content (AvgIpc) is 2.77. The van der Waals surface area contributed by atoms with Gasteiger partial charge in [-0.05, 0) is 47.2 Å². The Hall–Kier alpha value is -1.74. The Morgan fingerprint density at radius 1 is 1.06 bits per heavy atom. The van der Waals surface area contributed by atoms with Gasteiger partial charge >= 0.3 is 0 Å². The van der Waals surface area contributed by atoms with Gasteiger partial charge in [-0.3, -0.25) is 4.98 Å². The van der Waals surface area contributed by atoms with Crippen molar-refractivity contribution in [2.24, 2.45) is 0 Å². The molecule has 0 amide bonds. The summed E-state index contributed by atoms with van der Waals surface area (Å²) in [6.07, 6.45) is 1.86. The van der Waals surface area contributed by atoms with Gasteiger partial charge in [0.25, 0.3) is 0 Å². The average molecular weight is 229 g/mol. The molecule has 3 aromatic rings. The van der Waals surface area contributed by atoms with Crippen LogP contribution in [0.3, 0.4) is 0 Å². The van der Waals surface area contributed by atoms with E-state index in [1.54, 1.807) is 23.5 Å². The van der Waals surface area contributed by atoms with E-state index in [4.69, 9.17) is 0 Å². The summed E-state index contributed by atoms with van der Waals surface area (Å²) in [5, 5.41) is 3.22. The van der Waals surface area contributed by atoms with Crippen molar-refractivity contribution in [3.8, 4) is 11.3 Å². The van der Waals surface area contributed by atoms with Gasteiger partial charge in [-0.15, -0.1) is 11.3 Å². The smallest absolute Gasteiger partial charge is 0.123 e. The molecule has 0 bridgehead atoms. The second-order valence-corrected chi connectivity index (χ2v) is 4.48. The van der Waals surface area contributed by atoms with Crippen LogP contribution >= 0.6 is 11.3 Å². The molecule has 3 rings (SSSR count). The Morgan fingerprint density at radius 3 is 2.69 bits per heavy atom. The summed E-state index contributed by atoms with van der Waals surface area (Å²) < 4.78 is 14.0. The quantitative estimate of drug-likeness (QED) is 0.612. The summed E-state index contributed by atoms with van der Waals surface area (Å²) in [6.45, 7) is 0. The standard InChI is InChI=1S/C13H8FNS/c14-11-3-1-9(2-4-11)12-7-10-5-6-16-13(10)8-15-12/h1-8H. The molecule has 0 radical (unpaired) electrons. The molecule has 1 nitrogen and oxygen atoms in total. The molecule has 0 atom stereocenters. The van der Waals surface area contributed by atoms with Gasteiger partial charge in [-0.1, -0.05) is 0 Å². The van der Waals surface area contributed by atoms with Crippen LogP contribution in [0.2, 0.25) is 0 Å². The molecule has 0 spiro atoms. The summed E-state index contributed by atoms with van der Waals surface area (Å²) in [5.41, 5.74) is 1.82. The minimum atomic E-state index is -0.222. The maximum atomic E-state index is 12.8. The topological polar surface area (TPSA) is 12.9 Å². The number of thiophene rings is 1. The van der Waals surface area contributed by atoms with Gasteiger partial charge in [0.05, 0.1) is 10.4 Å². The molecule has 0 N–H and O–H groups in total. The van der Waals surface area contributed by atoms with E-state index < -0.39 is 0 Å². The Morgan fingerprint density at radius 2 is 1.88 bits per heavy atom. The fraction of sp³-hybridized carbons (Fsp3) is 0. The fourth-order valence-electron chi connectivity index (χ4n) is 1.65. The maximum Gasteiger partial charge on any atom is 0.123 e. The minimum absolute atomic E-state index is 0.222. The van der Waals surface area contributed by atoms with Gasteiger partial charge in [0.1, 0.15) is 5.82 Å². The predicted octanol–water partition coefficient (Wildman–Crippen LogP) is 4.10. The van der Waals surface area contributed by atoms with Gasteiger partial charge in [-0.25, -0.2) is 4.39 Å². The number of hydrogen-bond acceptors (Lipinski definition) is 2. The summed E-state index contributed by atoms with van der Waals surface area (Å²) >= 11 is 1.67. The monoisotopic (exact) mass is 229 g/mol. The molecule has 0 aliphatic heterocycles. The second kappa shape index (κ2) is 3.68. The van der Waals surface area contributed by atoms with E-state index in [2.05, 4.69) is 11.1 Å². The van der Waals surface area contributed by atoms with E-state index in [-0.39, 0.29) is 5.82 Å². The van der Waals surface area contributed by atoms with Crippen LogP contribution in [-0.2, 0) is 0 Å². The van der Waals surface area contributed by atoms with Crippen LogP contribution in [0.15, 0.2) is 48.0 Å². The van der Waals surface area contributed by atoms with Crippen LogP contribution in [-0.4, -0.2) is 4.98 Å². The van der Waals surface area contributed by atoms with Gasteiger partial charge < -0.3 is 0 Å². The van der Waals surface area contributed by atoms with E-state index in [0.717, 1.165) is 11.3 Å². The number of nitrogens with zero attached hydrogens (tertiary/aromatic N) is 1. The predicted molar refractivity (Wildman–Crippen MR) is 65.0 cm³/mol. The normalized spacial score (nSPS) is 10.8. The highest BCUT2D eigenvalue weighted by molar-refractivity contribution is 7.17. The fourth-order valence-corrected chi connectivity index (χ4v) is 2.38. The van der Waals surface area contributed by atoms with Crippen molar-refractivity contribution in [3.05, 3.63) is 53.8 Å². The van der Waals surface area contributed by atoms with Crippen molar-refractivity contribution in [1.82, 2.24) is 4.98 Å². The SMILES string of the molecule is Fc1ccc(-c2cc3ccsc3cn2)cc1. The number of aromatic nitrogens is 1. The maximum absolute atomic E-state index is 12.8. The van der Waals surface area contributed by atoms with Gasteiger partial charge in [0, 0.05) is 11.8 Å². The third-order valence-electron chi connectivity index (χ3n) is 2.48. The molecule has 0 aliphatic rings. The van der Waals surface area contributed by atoms with E-state index in [1.165, 1.54) is 22.2 Å². The number of hydrogen-bond donors (Lipinski definition) is 0. The van der Waals surface area contributed by atoms with Crippen LogP contribution < -0.4 is 0 Å². The highest BCUT2D eigenvalue weighted by atomic mass is 32.1. The highest BCUT2D eigenvalue weighted by Crippen LogP contribution is 2.25. The van der Waals surface area contributed by atoms with E-state index in [0.29, 0.717) is 0 Å². The summed E-state index contributed by atoms with van der Waals surface area (Å²) in [7, 11) is 0. The van der Waals surface area contributed by atoms with Crippen molar-refractivity contribution in [2.75, 3.05) is 0 Å². The highest BCUT2D eigenvalue weighted by Gasteiger charge is 2.02. The number of rotatable bonds is 1. The molecule has 0 saturated heterocycles. The molecule has 0 unspecified atom stereocenters. The van der Waals surface area contributed by atoms with Crippen molar-refractivity contribution in [1.29, 1.82) is 0 Å². The molecule has 1 aromatic carbocycles. The van der Waals surface area contributed by atoms with Gasteiger partial charge in [0.15, 0.2) is 0 Å². The van der Waals surface area contributed by atoms with Gasteiger partial charge in [-0.2, -0.15) is 0 Å². The van der Waals surface area contributed by atoms with E-state index in [1.807, 2.05) is 17.6 Å². The van der Waals surface area contributed by atoms with Crippen LogP contribution in [0.5, 0.6) is 0 Å². The molecule has 0 aliphatic carbocycles. The number of fused-ring (bicyclic) bond motifs is 1. The summed E-state index contributed by atoms with van der Waals surface area (Å²) in [4.78, 5) is 4.37. The van der Waals surface area contributed by atoms with Crippen molar-refractivity contribution < 1.29 is 4.39 Å². The zero-order valence-electron chi connectivity index (χ0n) is 8.35. The first-order chi connectivity index (χ1) is 7.83. The molecular weight excluding hydrogens is 221 g/mol. The molecule has 2 heterocycles. The first kappa shape index (κ1) is 9.48. The van der Waals surface area contributed by atoms with E-state index in [9.17, 15) is 4.39 Å². The Labute approximate surface area is 96.2 Å². The molecule has 78 valence electrons. The molecule has 16 heavy (non-hydrogen) atoms.